The van der Waals surface area contributed by atoms with E-state index in [0.717, 1.165) is 12.1 Å². The monoisotopic (exact) mass is 261 g/mol. The van der Waals surface area contributed by atoms with Gasteiger partial charge in [-0.15, -0.1) is 0 Å². The summed E-state index contributed by atoms with van der Waals surface area (Å²) in [5.74, 6) is 0. The molecule has 0 unspecified atom stereocenters. The fourth-order valence-corrected chi connectivity index (χ4v) is 2.22. The van der Waals surface area contributed by atoms with Gasteiger partial charge in [-0.2, -0.15) is 13.2 Å². The highest BCUT2D eigenvalue weighted by Gasteiger charge is 2.28. The van der Waals surface area contributed by atoms with E-state index in [1.54, 1.807) is 12.1 Å². The zero-order valence-electron chi connectivity index (χ0n) is 9.26. The molecule has 1 nitrogen and oxygen atoms in total. The van der Waals surface area contributed by atoms with E-state index in [2.05, 4.69) is 5.32 Å². The molecule has 1 aliphatic rings. The van der Waals surface area contributed by atoms with Gasteiger partial charge in [-0.3, -0.25) is 0 Å². The van der Waals surface area contributed by atoms with Crippen LogP contribution in [-0.4, -0.2) is 11.6 Å². The van der Waals surface area contributed by atoms with Gasteiger partial charge >= 0.3 is 5.51 Å². The number of halogens is 3. The molecule has 2 rings (SSSR count). The van der Waals surface area contributed by atoms with E-state index in [4.69, 9.17) is 0 Å². The van der Waals surface area contributed by atoms with E-state index in [9.17, 15) is 13.2 Å². The number of hydrogen-bond donors (Lipinski definition) is 1. The molecule has 94 valence electrons. The third kappa shape index (κ3) is 4.24. The molecule has 1 aromatic rings. The maximum atomic E-state index is 12.1. The molecule has 5 heteroatoms. The van der Waals surface area contributed by atoms with E-state index in [1.807, 2.05) is 0 Å². The largest absolute Gasteiger partial charge is 0.446 e. The van der Waals surface area contributed by atoms with Crippen molar-refractivity contribution >= 4 is 11.8 Å². The van der Waals surface area contributed by atoms with Crippen molar-refractivity contribution in [3.8, 4) is 0 Å². The maximum Gasteiger partial charge on any atom is 0.446 e. The molecule has 0 saturated heterocycles. The smallest absolute Gasteiger partial charge is 0.310 e. The predicted octanol–water partition coefficient (Wildman–Crippen LogP) is 3.94. The Morgan fingerprint density at radius 3 is 2.29 bits per heavy atom. The Hall–Kier alpha value is -0.680. The molecule has 0 bridgehead atoms. The topological polar surface area (TPSA) is 12.0 Å². The van der Waals surface area contributed by atoms with Gasteiger partial charge in [-0.05, 0) is 42.3 Å². The first-order valence-electron chi connectivity index (χ1n) is 5.61. The first-order valence-corrected chi connectivity index (χ1v) is 6.43. The van der Waals surface area contributed by atoms with Crippen LogP contribution in [0.5, 0.6) is 0 Å². The minimum absolute atomic E-state index is 0.0709. The SMILES string of the molecule is FC(F)(F)Sc1ccc(CNC2CCC2)cc1. The Balaban J connectivity index is 1.84. The lowest BCUT2D eigenvalue weighted by atomic mass is 9.93. The van der Waals surface area contributed by atoms with Gasteiger partial charge < -0.3 is 5.32 Å². The Bertz CT molecular complexity index is 357. The minimum atomic E-state index is -4.20. The summed E-state index contributed by atoms with van der Waals surface area (Å²) in [5.41, 5.74) is -3.17. The lowest BCUT2D eigenvalue weighted by molar-refractivity contribution is -0.0328. The van der Waals surface area contributed by atoms with Crippen molar-refractivity contribution in [1.29, 1.82) is 0 Å². The molecular weight excluding hydrogens is 247 g/mol. The van der Waals surface area contributed by atoms with E-state index in [0.29, 0.717) is 6.04 Å². The number of alkyl halides is 3. The van der Waals surface area contributed by atoms with Crippen molar-refractivity contribution in [2.45, 2.75) is 42.3 Å². The minimum Gasteiger partial charge on any atom is -0.310 e. The fourth-order valence-electron chi connectivity index (χ4n) is 1.68. The lowest BCUT2D eigenvalue weighted by Crippen LogP contribution is -2.34. The molecule has 1 N–H and O–H groups in total. The van der Waals surface area contributed by atoms with Crippen LogP contribution in [0.3, 0.4) is 0 Å². The van der Waals surface area contributed by atoms with Crippen LogP contribution >= 0.6 is 11.8 Å². The molecule has 0 heterocycles. The summed E-state index contributed by atoms with van der Waals surface area (Å²) in [6.07, 6.45) is 3.70. The first kappa shape index (κ1) is 12.8. The zero-order chi connectivity index (χ0) is 12.3. The van der Waals surface area contributed by atoms with E-state index >= 15 is 0 Å². The molecule has 0 aliphatic heterocycles. The summed E-state index contributed by atoms with van der Waals surface area (Å²) in [6, 6.07) is 7.14. The highest BCUT2D eigenvalue weighted by atomic mass is 32.2. The van der Waals surface area contributed by atoms with Crippen molar-refractivity contribution in [2.24, 2.45) is 0 Å². The zero-order valence-corrected chi connectivity index (χ0v) is 10.1. The maximum absolute atomic E-state index is 12.1. The summed E-state index contributed by atoms with van der Waals surface area (Å²) in [5, 5.41) is 3.37. The molecule has 1 aromatic carbocycles. The number of benzene rings is 1. The van der Waals surface area contributed by atoms with Gasteiger partial charge in [0.05, 0.1) is 0 Å². The molecular formula is C12H14F3NS. The molecule has 0 aromatic heterocycles. The summed E-state index contributed by atoms with van der Waals surface area (Å²) in [6.45, 7) is 0.738. The molecule has 1 fully saturated rings. The van der Waals surface area contributed by atoms with Gasteiger partial charge in [0.25, 0.3) is 0 Å². The molecule has 17 heavy (non-hydrogen) atoms. The summed E-state index contributed by atoms with van der Waals surface area (Å²) in [4.78, 5) is 0.241. The summed E-state index contributed by atoms with van der Waals surface area (Å²) in [7, 11) is 0. The third-order valence-electron chi connectivity index (χ3n) is 2.86. The first-order chi connectivity index (χ1) is 8.03. The predicted molar refractivity (Wildman–Crippen MR) is 62.8 cm³/mol. The number of rotatable bonds is 4. The van der Waals surface area contributed by atoms with Crippen LogP contribution in [0.25, 0.3) is 0 Å². The summed E-state index contributed by atoms with van der Waals surface area (Å²) < 4.78 is 36.3. The van der Waals surface area contributed by atoms with Crippen LogP contribution < -0.4 is 5.32 Å². The Labute approximate surface area is 103 Å². The molecule has 1 aliphatic carbocycles. The van der Waals surface area contributed by atoms with Gasteiger partial charge in [-0.25, -0.2) is 0 Å². The van der Waals surface area contributed by atoms with Gasteiger partial charge in [-0.1, -0.05) is 18.6 Å². The Morgan fingerprint density at radius 2 is 1.82 bits per heavy atom. The standard InChI is InChI=1S/C12H14F3NS/c13-12(14,15)17-11-6-4-9(5-7-11)8-16-10-2-1-3-10/h4-7,10,16H,1-3,8H2. The van der Waals surface area contributed by atoms with Gasteiger partial charge in [0, 0.05) is 17.5 Å². The molecule has 1 saturated carbocycles. The molecule has 0 spiro atoms. The van der Waals surface area contributed by atoms with Crippen molar-refractivity contribution in [3.05, 3.63) is 29.8 Å². The quantitative estimate of drug-likeness (QED) is 0.824. The van der Waals surface area contributed by atoms with E-state index in [1.165, 1.54) is 31.4 Å². The average Bonchev–Trinajstić information content (AvgIpc) is 2.16. The second-order valence-corrected chi connectivity index (χ2v) is 5.34. The van der Waals surface area contributed by atoms with Gasteiger partial charge in [0.15, 0.2) is 0 Å². The van der Waals surface area contributed by atoms with Crippen molar-refractivity contribution in [2.75, 3.05) is 0 Å². The van der Waals surface area contributed by atoms with Crippen LogP contribution in [0, 0.1) is 0 Å². The van der Waals surface area contributed by atoms with Crippen molar-refractivity contribution in [1.82, 2.24) is 5.32 Å². The number of hydrogen-bond acceptors (Lipinski definition) is 2. The Morgan fingerprint density at radius 1 is 1.18 bits per heavy atom. The fraction of sp³-hybridized carbons (Fsp3) is 0.500. The lowest BCUT2D eigenvalue weighted by Gasteiger charge is -2.26. The van der Waals surface area contributed by atoms with Crippen LogP contribution in [0.2, 0.25) is 0 Å². The van der Waals surface area contributed by atoms with Gasteiger partial charge in [0.1, 0.15) is 0 Å². The van der Waals surface area contributed by atoms with E-state index in [-0.39, 0.29) is 16.7 Å². The second-order valence-electron chi connectivity index (χ2n) is 4.20. The van der Waals surface area contributed by atoms with Crippen molar-refractivity contribution in [3.63, 3.8) is 0 Å². The number of nitrogens with one attached hydrogen (secondary N) is 1. The second kappa shape index (κ2) is 5.31. The van der Waals surface area contributed by atoms with Crippen molar-refractivity contribution < 1.29 is 13.2 Å². The van der Waals surface area contributed by atoms with E-state index < -0.39 is 5.51 Å². The van der Waals surface area contributed by atoms with Gasteiger partial charge in [0.2, 0.25) is 0 Å². The van der Waals surface area contributed by atoms with Crippen LogP contribution in [0.1, 0.15) is 24.8 Å². The molecule has 0 radical (unpaired) electrons. The third-order valence-corrected chi connectivity index (χ3v) is 3.60. The average molecular weight is 261 g/mol. The highest BCUT2D eigenvalue weighted by molar-refractivity contribution is 8.00. The number of thioether (sulfide) groups is 1. The normalized spacial score (nSPS) is 16.9. The highest BCUT2D eigenvalue weighted by Crippen LogP contribution is 2.36. The Kier molecular flexibility index (Phi) is 3.99. The van der Waals surface area contributed by atoms with Crippen LogP contribution in [-0.2, 0) is 6.54 Å². The summed E-state index contributed by atoms with van der Waals surface area (Å²) >= 11 is -0.0709. The molecule has 0 amide bonds. The molecule has 0 atom stereocenters. The van der Waals surface area contributed by atoms with Crippen LogP contribution in [0.15, 0.2) is 29.2 Å². The van der Waals surface area contributed by atoms with Crippen LogP contribution in [0.4, 0.5) is 13.2 Å².